The standard InChI is InChI=1S/C10H21N5O2S/c1-9(2)14-8-10(7-12-14)15(18(11,16)17)6-5-13(3)4/h7-9H,5-6H2,1-4H3,(H2,11,16,17). The maximum Gasteiger partial charge on any atom is 0.299 e. The summed E-state index contributed by atoms with van der Waals surface area (Å²) in [7, 11) is -0.0249. The summed E-state index contributed by atoms with van der Waals surface area (Å²) in [5.41, 5.74) is 0.494. The average molecular weight is 275 g/mol. The minimum Gasteiger partial charge on any atom is -0.308 e. The van der Waals surface area contributed by atoms with Crippen LogP contribution in [-0.4, -0.2) is 50.3 Å². The zero-order valence-corrected chi connectivity index (χ0v) is 12.1. The molecule has 0 saturated carbocycles. The SMILES string of the molecule is CC(C)n1cc(N(CCN(C)C)S(N)(=O)=O)cn1. The fourth-order valence-corrected chi connectivity index (χ4v) is 2.16. The third-order valence-corrected chi connectivity index (χ3v) is 3.47. The van der Waals surface area contributed by atoms with E-state index in [2.05, 4.69) is 5.10 Å². The van der Waals surface area contributed by atoms with Crippen molar-refractivity contribution in [3.63, 3.8) is 0 Å². The van der Waals surface area contributed by atoms with Gasteiger partial charge in [-0.2, -0.15) is 13.5 Å². The van der Waals surface area contributed by atoms with Gasteiger partial charge in [-0.1, -0.05) is 0 Å². The highest BCUT2D eigenvalue weighted by Gasteiger charge is 2.20. The first-order chi connectivity index (χ1) is 8.21. The predicted octanol–water partition coefficient (Wildman–Crippen LogP) is 0.0355. The first kappa shape index (κ1) is 14.9. The second-order valence-corrected chi connectivity index (χ2v) is 6.16. The number of hydrogen-bond acceptors (Lipinski definition) is 4. The Labute approximate surface area is 108 Å². The molecule has 0 unspecified atom stereocenters. The number of nitrogens with two attached hydrogens (primary N) is 1. The van der Waals surface area contributed by atoms with Crippen molar-refractivity contribution in [2.24, 2.45) is 5.14 Å². The van der Waals surface area contributed by atoms with Crippen LogP contribution in [0.1, 0.15) is 19.9 Å². The van der Waals surface area contributed by atoms with Crippen molar-refractivity contribution in [1.82, 2.24) is 14.7 Å². The summed E-state index contributed by atoms with van der Waals surface area (Å²) in [6, 6.07) is 0.176. The minimum atomic E-state index is -3.77. The van der Waals surface area contributed by atoms with E-state index in [1.807, 2.05) is 32.8 Å². The highest BCUT2D eigenvalue weighted by molar-refractivity contribution is 7.90. The number of nitrogens with zero attached hydrogens (tertiary/aromatic N) is 4. The summed E-state index contributed by atoms with van der Waals surface area (Å²) in [5, 5.41) is 9.34. The molecular formula is C10H21N5O2S. The zero-order valence-electron chi connectivity index (χ0n) is 11.2. The molecule has 104 valence electrons. The molecule has 0 aliphatic carbocycles. The molecule has 0 aliphatic heterocycles. The Morgan fingerprint density at radius 3 is 2.39 bits per heavy atom. The topological polar surface area (TPSA) is 84.5 Å². The summed E-state index contributed by atoms with van der Waals surface area (Å²) in [6.07, 6.45) is 3.20. The molecular weight excluding hydrogens is 254 g/mol. The van der Waals surface area contributed by atoms with E-state index in [4.69, 9.17) is 5.14 Å². The zero-order chi connectivity index (χ0) is 13.9. The minimum absolute atomic E-state index is 0.176. The summed E-state index contributed by atoms with van der Waals surface area (Å²) in [4.78, 5) is 1.89. The molecule has 0 fully saturated rings. The van der Waals surface area contributed by atoms with Crippen LogP contribution < -0.4 is 9.44 Å². The number of hydrogen-bond donors (Lipinski definition) is 1. The Balaban J connectivity index is 2.95. The molecule has 0 aliphatic rings. The van der Waals surface area contributed by atoms with Gasteiger partial charge >= 0.3 is 0 Å². The van der Waals surface area contributed by atoms with Crippen molar-refractivity contribution in [3.8, 4) is 0 Å². The summed E-state index contributed by atoms with van der Waals surface area (Å²) >= 11 is 0. The molecule has 0 saturated heterocycles. The summed E-state index contributed by atoms with van der Waals surface area (Å²) < 4.78 is 26.0. The largest absolute Gasteiger partial charge is 0.308 e. The van der Waals surface area contributed by atoms with Gasteiger partial charge in [0, 0.05) is 25.3 Å². The Morgan fingerprint density at radius 1 is 1.39 bits per heavy atom. The first-order valence-corrected chi connectivity index (χ1v) is 7.21. The van der Waals surface area contributed by atoms with E-state index in [0.717, 1.165) is 0 Å². The van der Waals surface area contributed by atoms with Crippen molar-refractivity contribution < 1.29 is 8.42 Å². The lowest BCUT2D eigenvalue weighted by atomic mass is 10.4. The molecule has 0 radical (unpaired) electrons. The summed E-state index contributed by atoms with van der Waals surface area (Å²) in [6.45, 7) is 4.83. The van der Waals surface area contributed by atoms with Gasteiger partial charge in [0.1, 0.15) is 0 Å². The fraction of sp³-hybridized carbons (Fsp3) is 0.700. The molecule has 0 bridgehead atoms. The smallest absolute Gasteiger partial charge is 0.299 e. The monoisotopic (exact) mass is 275 g/mol. The van der Waals surface area contributed by atoms with Crippen molar-refractivity contribution >= 4 is 15.9 Å². The highest BCUT2D eigenvalue weighted by atomic mass is 32.2. The van der Waals surface area contributed by atoms with Gasteiger partial charge < -0.3 is 4.90 Å². The fourth-order valence-electron chi connectivity index (χ4n) is 1.43. The van der Waals surface area contributed by atoms with Gasteiger partial charge in [-0.3, -0.25) is 8.99 Å². The van der Waals surface area contributed by atoms with Crippen LogP contribution in [0.3, 0.4) is 0 Å². The van der Waals surface area contributed by atoms with Crippen LogP contribution in [0.15, 0.2) is 12.4 Å². The second kappa shape index (κ2) is 5.68. The van der Waals surface area contributed by atoms with E-state index in [1.54, 1.807) is 10.9 Å². The van der Waals surface area contributed by atoms with Crippen LogP contribution >= 0.6 is 0 Å². The molecule has 0 amide bonds. The van der Waals surface area contributed by atoms with E-state index in [1.165, 1.54) is 10.5 Å². The molecule has 1 heterocycles. The van der Waals surface area contributed by atoms with Gasteiger partial charge in [0.2, 0.25) is 0 Å². The lowest BCUT2D eigenvalue weighted by Crippen LogP contribution is -2.40. The number of likely N-dealkylation sites (N-methyl/N-ethyl adjacent to an activating group) is 1. The van der Waals surface area contributed by atoms with Gasteiger partial charge in [-0.25, -0.2) is 5.14 Å². The van der Waals surface area contributed by atoms with E-state index >= 15 is 0 Å². The number of rotatable bonds is 6. The molecule has 1 aromatic heterocycles. The Kier molecular flexibility index (Phi) is 4.71. The van der Waals surface area contributed by atoms with Crippen LogP contribution in [0.5, 0.6) is 0 Å². The van der Waals surface area contributed by atoms with Crippen LogP contribution in [-0.2, 0) is 10.2 Å². The van der Waals surface area contributed by atoms with E-state index < -0.39 is 10.2 Å². The lowest BCUT2D eigenvalue weighted by molar-refractivity contribution is 0.419. The molecule has 18 heavy (non-hydrogen) atoms. The number of anilines is 1. The lowest BCUT2D eigenvalue weighted by Gasteiger charge is -2.21. The van der Waals surface area contributed by atoms with E-state index in [-0.39, 0.29) is 6.04 Å². The van der Waals surface area contributed by atoms with Gasteiger partial charge in [0.25, 0.3) is 10.2 Å². The van der Waals surface area contributed by atoms with Crippen molar-refractivity contribution in [3.05, 3.63) is 12.4 Å². The van der Waals surface area contributed by atoms with Gasteiger partial charge in [0.05, 0.1) is 11.9 Å². The van der Waals surface area contributed by atoms with Crippen LogP contribution in [0.4, 0.5) is 5.69 Å². The van der Waals surface area contributed by atoms with E-state index in [0.29, 0.717) is 18.8 Å². The highest BCUT2D eigenvalue weighted by Crippen LogP contribution is 2.17. The molecule has 0 spiro atoms. The third-order valence-electron chi connectivity index (χ3n) is 2.46. The number of aromatic nitrogens is 2. The Bertz CT molecular complexity index is 480. The maximum atomic E-state index is 11.6. The summed E-state index contributed by atoms with van der Waals surface area (Å²) in [5.74, 6) is 0. The Morgan fingerprint density at radius 2 is 2.00 bits per heavy atom. The van der Waals surface area contributed by atoms with Crippen LogP contribution in [0.25, 0.3) is 0 Å². The van der Waals surface area contributed by atoms with Gasteiger partial charge in [-0.15, -0.1) is 0 Å². The van der Waals surface area contributed by atoms with E-state index in [9.17, 15) is 8.42 Å². The molecule has 8 heteroatoms. The molecule has 0 aromatic carbocycles. The maximum absolute atomic E-state index is 11.6. The molecule has 7 nitrogen and oxygen atoms in total. The van der Waals surface area contributed by atoms with Crippen molar-refractivity contribution in [1.29, 1.82) is 0 Å². The predicted molar refractivity (Wildman–Crippen MR) is 71.6 cm³/mol. The molecule has 1 rings (SSSR count). The van der Waals surface area contributed by atoms with Crippen LogP contribution in [0, 0.1) is 0 Å². The quantitative estimate of drug-likeness (QED) is 0.794. The molecule has 1 aromatic rings. The third kappa shape index (κ3) is 3.97. The van der Waals surface area contributed by atoms with Gasteiger partial charge in [-0.05, 0) is 27.9 Å². The van der Waals surface area contributed by atoms with Crippen molar-refractivity contribution in [2.75, 3.05) is 31.5 Å². The van der Waals surface area contributed by atoms with Crippen molar-refractivity contribution in [2.45, 2.75) is 19.9 Å². The Hall–Kier alpha value is -1.12. The first-order valence-electron chi connectivity index (χ1n) is 5.71. The van der Waals surface area contributed by atoms with Gasteiger partial charge in [0.15, 0.2) is 0 Å². The second-order valence-electron chi connectivity index (χ2n) is 4.69. The normalized spacial score (nSPS) is 12.4. The molecule has 2 N–H and O–H groups in total. The average Bonchev–Trinajstić information content (AvgIpc) is 2.64. The molecule has 0 atom stereocenters. The van der Waals surface area contributed by atoms with Crippen LogP contribution in [0.2, 0.25) is 0 Å².